The second-order valence-electron chi connectivity index (χ2n) is 3.70. The molecule has 1 unspecified atom stereocenters. The number of ether oxygens (including phenoxy) is 2. The third-order valence-corrected chi connectivity index (χ3v) is 2.17. The topological polar surface area (TPSA) is 44.5 Å². The molecule has 0 aliphatic carbocycles. The first-order valence-corrected chi connectivity index (χ1v) is 5.12. The van der Waals surface area contributed by atoms with E-state index in [9.17, 15) is 0 Å². The van der Waals surface area contributed by atoms with Gasteiger partial charge in [-0.3, -0.25) is 0 Å². The summed E-state index contributed by atoms with van der Waals surface area (Å²) >= 11 is 0. The van der Waals surface area contributed by atoms with Crippen molar-refractivity contribution in [1.82, 2.24) is 0 Å². The third kappa shape index (κ3) is 3.53. The summed E-state index contributed by atoms with van der Waals surface area (Å²) in [6.07, 6.45) is 0.0445. The minimum absolute atomic E-state index is 0.0445. The van der Waals surface area contributed by atoms with Crippen LogP contribution in [0.4, 0.5) is 0 Å². The molecule has 0 bridgehead atoms. The van der Waals surface area contributed by atoms with Gasteiger partial charge in [0.2, 0.25) is 0 Å². The molecule has 84 valence electrons. The second-order valence-corrected chi connectivity index (χ2v) is 3.70. The van der Waals surface area contributed by atoms with Crippen LogP contribution in [-0.4, -0.2) is 19.8 Å². The maximum absolute atomic E-state index is 5.73. The van der Waals surface area contributed by atoms with Gasteiger partial charge < -0.3 is 15.2 Å². The van der Waals surface area contributed by atoms with E-state index in [1.165, 1.54) is 5.56 Å². The number of hydrogen-bond acceptors (Lipinski definition) is 3. The van der Waals surface area contributed by atoms with E-state index in [0.717, 1.165) is 11.3 Å². The van der Waals surface area contributed by atoms with Crippen LogP contribution in [0.2, 0.25) is 0 Å². The summed E-state index contributed by atoms with van der Waals surface area (Å²) in [5.41, 5.74) is 7.89. The molecule has 0 aromatic heterocycles. The lowest BCUT2D eigenvalue weighted by atomic mass is 10.1. The summed E-state index contributed by atoms with van der Waals surface area (Å²) in [5.74, 6) is 0.854. The zero-order valence-electron chi connectivity index (χ0n) is 9.62. The molecule has 1 aromatic carbocycles. The Balaban J connectivity index is 2.75. The lowest BCUT2D eigenvalue weighted by molar-refractivity contribution is 0.0914. The SMILES string of the molecule is COCC(C)Oc1ccc(C)cc1CN. The Hall–Kier alpha value is -1.06. The van der Waals surface area contributed by atoms with Crippen LogP contribution in [0.1, 0.15) is 18.1 Å². The highest BCUT2D eigenvalue weighted by atomic mass is 16.5. The predicted molar refractivity (Wildman–Crippen MR) is 61.0 cm³/mol. The summed E-state index contributed by atoms with van der Waals surface area (Å²) in [4.78, 5) is 0. The van der Waals surface area contributed by atoms with Crippen molar-refractivity contribution in [2.45, 2.75) is 26.5 Å². The number of nitrogens with two attached hydrogens (primary N) is 1. The molecule has 2 N–H and O–H groups in total. The van der Waals surface area contributed by atoms with Gasteiger partial charge in [0.25, 0.3) is 0 Å². The monoisotopic (exact) mass is 209 g/mol. The van der Waals surface area contributed by atoms with E-state index in [1.54, 1.807) is 7.11 Å². The van der Waals surface area contributed by atoms with Gasteiger partial charge in [-0.2, -0.15) is 0 Å². The van der Waals surface area contributed by atoms with E-state index in [4.69, 9.17) is 15.2 Å². The minimum Gasteiger partial charge on any atom is -0.488 e. The number of rotatable bonds is 5. The third-order valence-electron chi connectivity index (χ3n) is 2.17. The molecule has 1 aromatic rings. The van der Waals surface area contributed by atoms with Crippen LogP contribution in [-0.2, 0) is 11.3 Å². The molecule has 3 heteroatoms. The van der Waals surface area contributed by atoms with Gasteiger partial charge in [0.05, 0.1) is 6.61 Å². The van der Waals surface area contributed by atoms with Crippen LogP contribution in [0, 0.1) is 6.92 Å². The van der Waals surface area contributed by atoms with Crippen LogP contribution in [0.15, 0.2) is 18.2 Å². The smallest absolute Gasteiger partial charge is 0.124 e. The molecule has 0 aliphatic rings. The van der Waals surface area contributed by atoms with E-state index in [2.05, 4.69) is 6.07 Å². The van der Waals surface area contributed by atoms with Crippen molar-refractivity contribution in [3.8, 4) is 5.75 Å². The van der Waals surface area contributed by atoms with Gasteiger partial charge in [0.1, 0.15) is 11.9 Å². The average molecular weight is 209 g/mol. The van der Waals surface area contributed by atoms with Gasteiger partial charge in [-0.05, 0) is 19.9 Å². The van der Waals surface area contributed by atoms with Crippen molar-refractivity contribution >= 4 is 0 Å². The standard InChI is InChI=1S/C12H19NO2/c1-9-4-5-12(11(6-9)7-13)15-10(2)8-14-3/h4-6,10H,7-8,13H2,1-3H3. The highest BCUT2D eigenvalue weighted by Crippen LogP contribution is 2.20. The molecule has 0 spiro atoms. The van der Waals surface area contributed by atoms with Crippen molar-refractivity contribution in [3.05, 3.63) is 29.3 Å². The van der Waals surface area contributed by atoms with Crippen molar-refractivity contribution in [1.29, 1.82) is 0 Å². The molecular weight excluding hydrogens is 190 g/mol. The average Bonchev–Trinajstić information content (AvgIpc) is 2.21. The quantitative estimate of drug-likeness (QED) is 0.805. The van der Waals surface area contributed by atoms with E-state index < -0.39 is 0 Å². The van der Waals surface area contributed by atoms with E-state index in [1.807, 2.05) is 26.0 Å². The first-order valence-electron chi connectivity index (χ1n) is 5.12. The second kappa shape index (κ2) is 5.73. The predicted octanol–water partition coefficient (Wildman–Crippen LogP) is 1.87. The number of benzene rings is 1. The Labute approximate surface area is 91.2 Å². The minimum atomic E-state index is 0.0445. The highest BCUT2D eigenvalue weighted by molar-refractivity contribution is 5.36. The zero-order chi connectivity index (χ0) is 11.3. The molecule has 0 radical (unpaired) electrons. The molecule has 1 atom stereocenters. The summed E-state index contributed by atoms with van der Waals surface area (Å²) in [5, 5.41) is 0. The normalized spacial score (nSPS) is 12.5. The van der Waals surface area contributed by atoms with Crippen molar-refractivity contribution < 1.29 is 9.47 Å². The molecule has 3 nitrogen and oxygen atoms in total. The van der Waals surface area contributed by atoms with Gasteiger partial charge >= 0.3 is 0 Å². The van der Waals surface area contributed by atoms with Crippen LogP contribution >= 0.6 is 0 Å². The Morgan fingerprint density at radius 2 is 2.13 bits per heavy atom. The Bertz CT molecular complexity index is 312. The summed E-state index contributed by atoms with van der Waals surface area (Å²) < 4.78 is 10.7. The fraction of sp³-hybridized carbons (Fsp3) is 0.500. The van der Waals surface area contributed by atoms with Gasteiger partial charge in [-0.15, -0.1) is 0 Å². The number of methoxy groups -OCH3 is 1. The zero-order valence-corrected chi connectivity index (χ0v) is 9.62. The molecule has 0 amide bonds. The molecule has 1 rings (SSSR count). The highest BCUT2D eigenvalue weighted by Gasteiger charge is 2.07. The fourth-order valence-electron chi connectivity index (χ4n) is 1.47. The van der Waals surface area contributed by atoms with Crippen LogP contribution in [0.25, 0.3) is 0 Å². The lowest BCUT2D eigenvalue weighted by Crippen LogP contribution is -2.19. The van der Waals surface area contributed by atoms with Gasteiger partial charge in [-0.1, -0.05) is 17.7 Å². The molecule has 0 saturated carbocycles. The molecule has 0 aliphatic heterocycles. The van der Waals surface area contributed by atoms with Crippen LogP contribution < -0.4 is 10.5 Å². The van der Waals surface area contributed by atoms with Crippen LogP contribution in [0.3, 0.4) is 0 Å². The lowest BCUT2D eigenvalue weighted by Gasteiger charge is -2.16. The molecule has 0 heterocycles. The molecule has 0 fully saturated rings. The fourth-order valence-corrected chi connectivity index (χ4v) is 1.47. The summed E-state index contributed by atoms with van der Waals surface area (Å²) in [6.45, 7) is 5.10. The molecule has 0 saturated heterocycles. The maximum Gasteiger partial charge on any atom is 0.124 e. The van der Waals surface area contributed by atoms with Gasteiger partial charge in [-0.25, -0.2) is 0 Å². The number of hydrogen-bond donors (Lipinski definition) is 1. The van der Waals surface area contributed by atoms with Crippen molar-refractivity contribution in [2.24, 2.45) is 5.73 Å². The number of aryl methyl sites for hydroxylation is 1. The van der Waals surface area contributed by atoms with E-state index >= 15 is 0 Å². The maximum atomic E-state index is 5.73. The van der Waals surface area contributed by atoms with E-state index in [0.29, 0.717) is 13.2 Å². The summed E-state index contributed by atoms with van der Waals surface area (Å²) in [6, 6.07) is 6.03. The Morgan fingerprint density at radius 3 is 2.73 bits per heavy atom. The van der Waals surface area contributed by atoms with Crippen LogP contribution in [0.5, 0.6) is 5.75 Å². The molecule has 15 heavy (non-hydrogen) atoms. The first-order chi connectivity index (χ1) is 7.17. The first kappa shape index (κ1) is 12.0. The van der Waals surface area contributed by atoms with E-state index in [-0.39, 0.29) is 6.10 Å². The summed E-state index contributed by atoms with van der Waals surface area (Å²) in [7, 11) is 1.67. The van der Waals surface area contributed by atoms with Gasteiger partial charge in [0, 0.05) is 19.2 Å². The largest absolute Gasteiger partial charge is 0.488 e. The molecular formula is C12H19NO2. The van der Waals surface area contributed by atoms with Crippen molar-refractivity contribution in [2.75, 3.05) is 13.7 Å². The Morgan fingerprint density at radius 1 is 1.40 bits per heavy atom. The van der Waals surface area contributed by atoms with Crippen molar-refractivity contribution in [3.63, 3.8) is 0 Å². The Kier molecular flexibility index (Phi) is 4.59. The van der Waals surface area contributed by atoms with Gasteiger partial charge in [0.15, 0.2) is 0 Å².